The fourth-order valence-electron chi connectivity index (χ4n) is 4.35. The molecule has 0 atom stereocenters. The number of benzene rings is 1. The van der Waals surface area contributed by atoms with Crippen LogP contribution in [0, 0.1) is 0 Å². The first-order chi connectivity index (χ1) is 16.2. The monoisotopic (exact) mass is 446 g/mol. The summed E-state index contributed by atoms with van der Waals surface area (Å²) in [6.07, 6.45) is 3.53. The van der Waals surface area contributed by atoms with E-state index in [0.29, 0.717) is 40.8 Å². The van der Waals surface area contributed by atoms with Crippen molar-refractivity contribution in [3.8, 4) is 22.8 Å². The number of amides is 1. The Labute approximate surface area is 192 Å². The van der Waals surface area contributed by atoms with Crippen LogP contribution in [-0.4, -0.2) is 56.3 Å². The Morgan fingerprint density at radius 2 is 1.88 bits per heavy atom. The lowest BCUT2D eigenvalue weighted by atomic mass is 10.0. The van der Waals surface area contributed by atoms with Crippen LogP contribution in [0.3, 0.4) is 0 Å². The van der Waals surface area contributed by atoms with Crippen molar-refractivity contribution in [1.82, 2.24) is 20.6 Å². The molecule has 3 N–H and O–H groups in total. The third-order valence-electron chi connectivity index (χ3n) is 5.98. The second kappa shape index (κ2) is 8.95. The van der Waals surface area contributed by atoms with Crippen LogP contribution in [0.1, 0.15) is 15.9 Å². The summed E-state index contributed by atoms with van der Waals surface area (Å²) in [4.78, 5) is 24.3. The number of hydrogen-bond acceptors (Lipinski definition) is 8. The second-order valence-corrected chi connectivity index (χ2v) is 7.86. The zero-order valence-corrected chi connectivity index (χ0v) is 18.6. The molecular weight excluding hydrogens is 420 g/mol. The van der Waals surface area contributed by atoms with E-state index in [1.807, 2.05) is 36.5 Å². The normalized spacial score (nSPS) is 15.1. The molecule has 0 aliphatic carbocycles. The van der Waals surface area contributed by atoms with Crippen molar-refractivity contribution < 1.29 is 14.3 Å². The van der Waals surface area contributed by atoms with E-state index in [1.165, 1.54) is 0 Å². The van der Waals surface area contributed by atoms with Gasteiger partial charge in [0, 0.05) is 43.9 Å². The Balaban J connectivity index is 1.47. The molecule has 1 amide bonds. The van der Waals surface area contributed by atoms with Gasteiger partial charge in [-0.25, -0.2) is 4.98 Å². The van der Waals surface area contributed by atoms with Gasteiger partial charge in [-0.1, -0.05) is 6.07 Å². The third kappa shape index (κ3) is 3.91. The topological polar surface area (TPSA) is 101 Å². The van der Waals surface area contributed by atoms with Gasteiger partial charge in [-0.2, -0.15) is 0 Å². The van der Waals surface area contributed by atoms with Crippen LogP contribution >= 0.6 is 0 Å². The Hall–Kier alpha value is -3.85. The van der Waals surface area contributed by atoms with Crippen LogP contribution in [0.15, 0.2) is 42.7 Å². The van der Waals surface area contributed by atoms with Crippen LogP contribution in [0.4, 0.5) is 17.2 Å². The Morgan fingerprint density at radius 1 is 1.03 bits per heavy atom. The first-order valence-electron chi connectivity index (χ1n) is 10.9. The van der Waals surface area contributed by atoms with Gasteiger partial charge in [-0.15, -0.1) is 0 Å². The van der Waals surface area contributed by atoms with Crippen molar-refractivity contribution in [3.05, 3.63) is 53.9 Å². The maximum atomic E-state index is 12.7. The van der Waals surface area contributed by atoms with E-state index >= 15 is 0 Å². The van der Waals surface area contributed by atoms with Gasteiger partial charge >= 0.3 is 0 Å². The molecule has 0 bridgehead atoms. The molecule has 1 aromatic carbocycles. The van der Waals surface area contributed by atoms with E-state index < -0.39 is 0 Å². The molecule has 9 heteroatoms. The molecule has 1 fully saturated rings. The van der Waals surface area contributed by atoms with Gasteiger partial charge in [-0.3, -0.25) is 9.78 Å². The number of rotatable bonds is 6. The highest BCUT2D eigenvalue weighted by Crippen LogP contribution is 2.41. The van der Waals surface area contributed by atoms with Gasteiger partial charge in [0.15, 0.2) is 11.5 Å². The van der Waals surface area contributed by atoms with Gasteiger partial charge in [0.1, 0.15) is 5.82 Å². The predicted molar refractivity (Wildman–Crippen MR) is 127 cm³/mol. The SMILES string of the molecule is COc1cccc(-c2ncc(Nc3ccc(N4CCNCC4)cn3)c3c2CNC3=O)c1OC. The minimum Gasteiger partial charge on any atom is -0.493 e. The number of piperazine rings is 1. The van der Waals surface area contributed by atoms with Gasteiger partial charge in [0.2, 0.25) is 0 Å². The highest BCUT2D eigenvalue weighted by molar-refractivity contribution is 6.05. The third-order valence-corrected chi connectivity index (χ3v) is 5.98. The average molecular weight is 447 g/mol. The van der Waals surface area contributed by atoms with E-state index in [1.54, 1.807) is 20.4 Å². The molecule has 0 radical (unpaired) electrons. The fourth-order valence-corrected chi connectivity index (χ4v) is 4.35. The van der Waals surface area contributed by atoms with Crippen molar-refractivity contribution in [1.29, 1.82) is 0 Å². The summed E-state index contributed by atoms with van der Waals surface area (Å²) in [5.41, 5.74) is 4.55. The standard InChI is InChI=1S/C24H26N6O3/c1-32-19-5-3-4-16(23(19)33-2)22-17-13-28-24(31)21(17)18(14-27-22)29-20-7-6-15(12-26-20)30-10-8-25-9-11-30/h3-7,12,14,25H,8-11,13H2,1-2H3,(H,26,29)(H,28,31). The lowest BCUT2D eigenvalue weighted by molar-refractivity contribution is 0.0966. The molecule has 2 aliphatic rings. The molecule has 2 aromatic heterocycles. The van der Waals surface area contributed by atoms with E-state index in [-0.39, 0.29) is 5.91 Å². The van der Waals surface area contributed by atoms with Crippen molar-refractivity contribution in [3.63, 3.8) is 0 Å². The number of nitrogens with one attached hydrogen (secondary N) is 3. The minimum atomic E-state index is -0.143. The molecule has 3 aromatic rings. The molecule has 9 nitrogen and oxygen atoms in total. The van der Waals surface area contributed by atoms with Gasteiger partial charge in [-0.05, 0) is 24.3 Å². The number of carbonyl (C=O) groups is 1. The summed E-state index contributed by atoms with van der Waals surface area (Å²) < 4.78 is 11.0. The Morgan fingerprint density at radius 3 is 2.61 bits per heavy atom. The number of nitrogens with zero attached hydrogens (tertiary/aromatic N) is 3. The average Bonchev–Trinajstić information content (AvgIpc) is 3.26. The van der Waals surface area contributed by atoms with Crippen molar-refractivity contribution >= 4 is 23.1 Å². The van der Waals surface area contributed by atoms with Gasteiger partial charge in [0.25, 0.3) is 5.91 Å². The van der Waals surface area contributed by atoms with Crippen molar-refractivity contribution in [2.75, 3.05) is 50.6 Å². The van der Waals surface area contributed by atoms with Gasteiger partial charge in [0.05, 0.1) is 49.2 Å². The van der Waals surface area contributed by atoms with Crippen LogP contribution in [-0.2, 0) is 6.54 Å². The number of ether oxygens (including phenoxy) is 2. The van der Waals surface area contributed by atoms with Crippen molar-refractivity contribution in [2.24, 2.45) is 0 Å². The van der Waals surface area contributed by atoms with Crippen LogP contribution in [0.2, 0.25) is 0 Å². The zero-order valence-electron chi connectivity index (χ0n) is 18.6. The minimum absolute atomic E-state index is 0.143. The first kappa shape index (κ1) is 21.0. The largest absolute Gasteiger partial charge is 0.493 e. The molecule has 0 saturated carbocycles. The lowest BCUT2D eigenvalue weighted by Gasteiger charge is -2.29. The fraction of sp³-hybridized carbons (Fsp3) is 0.292. The Bertz CT molecular complexity index is 1180. The van der Waals surface area contributed by atoms with Crippen LogP contribution in [0.25, 0.3) is 11.3 Å². The summed E-state index contributed by atoms with van der Waals surface area (Å²) in [5.74, 6) is 1.71. The number of pyridine rings is 2. The first-order valence-corrected chi connectivity index (χ1v) is 10.9. The molecule has 0 spiro atoms. The summed E-state index contributed by atoms with van der Waals surface area (Å²) in [5, 5.41) is 9.54. The highest BCUT2D eigenvalue weighted by atomic mass is 16.5. The van der Waals surface area contributed by atoms with Crippen LogP contribution in [0.5, 0.6) is 11.5 Å². The lowest BCUT2D eigenvalue weighted by Crippen LogP contribution is -2.43. The zero-order chi connectivity index (χ0) is 22.8. The predicted octanol–water partition coefficient (Wildman–Crippen LogP) is 2.56. The maximum absolute atomic E-state index is 12.7. The molecular formula is C24H26N6O3. The quantitative estimate of drug-likeness (QED) is 0.531. The smallest absolute Gasteiger partial charge is 0.254 e. The maximum Gasteiger partial charge on any atom is 0.254 e. The number of methoxy groups -OCH3 is 2. The number of anilines is 3. The highest BCUT2D eigenvalue weighted by Gasteiger charge is 2.29. The van der Waals surface area contributed by atoms with E-state index in [4.69, 9.17) is 14.5 Å². The number of hydrogen-bond donors (Lipinski definition) is 3. The van der Waals surface area contributed by atoms with E-state index in [9.17, 15) is 4.79 Å². The van der Waals surface area contributed by atoms with E-state index in [2.05, 4.69) is 25.8 Å². The molecule has 5 rings (SSSR count). The number of carbonyl (C=O) groups excluding carboxylic acids is 1. The van der Waals surface area contributed by atoms with Gasteiger partial charge < -0.3 is 30.3 Å². The number of fused-ring (bicyclic) bond motifs is 1. The molecule has 4 heterocycles. The summed E-state index contributed by atoms with van der Waals surface area (Å²) in [6, 6.07) is 9.60. The van der Waals surface area contributed by atoms with E-state index in [0.717, 1.165) is 43.0 Å². The second-order valence-electron chi connectivity index (χ2n) is 7.86. The number of para-hydroxylation sites is 1. The molecule has 0 unspecified atom stereocenters. The summed E-state index contributed by atoms with van der Waals surface area (Å²) in [7, 11) is 3.19. The van der Waals surface area contributed by atoms with Crippen LogP contribution < -0.4 is 30.3 Å². The molecule has 1 saturated heterocycles. The van der Waals surface area contributed by atoms with Crippen molar-refractivity contribution in [2.45, 2.75) is 6.54 Å². The summed E-state index contributed by atoms with van der Waals surface area (Å²) in [6.45, 7) is 4.25. The summed E-state index contributed by atoms with van der Waals surface area (Å²) >= 11 is 0. The molecule has 33 heavy (non-hydrogen) atoms. The molecule has 170 valence electrons. The number of aromatic nitrogens is 2. The molecule has 2 aliphatic heterocycles. The Kier molecular flexibility index (Phi) is 5.70.